The smallest absolute Gasteiger partial charge is 0.351 e. The number of halogens is 2. The van der Waals surface area contributed by atoms with Crippen molar-refractivity contribution < 1.29 is 28.3 Å². The topological polar surface area (TPSA) is 90.0 Å². The molecule has 2 aliphatic heterocycles. The Morgan fingerprint density at radius 3 is 2.21 bits per heavy atom. The Morgan fingerprint density at radius 1 is 0.921 bits per heavy atom. The highest BCUT2D eigenvalue weighted by Crippen LogP contribution is 2.32. The lowest BCUT2D eigenvalue weighted by Gasteiger charge is -2.35. The minimum Gasteiger partial charge on any atom is -0.384 e. The van der Waals surface area contributed by atoms with Gasteiger partial charge in [0.25, 0.3) is 5.91 Å². The maximum Gasteiger partial charge on any atom is 0.351 e. The second kappa shape index (κ2) is 12.5. The van der Waals surface area contributed by atoms with Crippen LogP contribution in [0.25, 0.3) is 0 Å². The minimum absolute atomic E-state index is 0.0985. The fourth-order valence-corrected chi connectivity index (χ4v) is 5.41. The minimum atomic E-state index is -4.08. The van der Waals surface area contributed by atoms with Crippen LogP contribution in [0.1, 0.15) is 49.7 Å². The Labute approximate surface area is 221 Å². The molecule has 2 N–H and O–H groups in total. The summed E-state index contributed by atoms with van der Waals surface area (Å²) in [6, 6.07) is 16.5. The molecule has 9 heteroatoms. The lowest BCUT2D eigenvalue weighted by atomic mass is 10.0. The average molecular weight is 528 g/mol. The number of nitrogens with one attached hydrogen (secondary N) is 1. The van der Waals surface area contributed by atoms with E-state index in [1.807, 2.05) is 30.3 Å². The molecule has 0 saturated carbocycles. The summed E-state index contributed by atoms with van der Waals surface area (Å²) in [5.41, 5.74) is 1.79. The van der Waals surface area contributed by atoms with Gasteiger partial charge in [-0.1, -0.05) is 60.7 Å². The number of aliphatic hydroxyl groups is 1. The maximum absolute atomic E-state index is 15.0. The van der Waals surface area contributed by atoms with Gasteiger partial charge in [-0.15, -0.1) is 0 Å². The number of carbonyl (C=O) groups excluding carboxylic acids is 3. The van der Waals surface area contributed by atoms with Gasteiger partial charge < -0.3 is 20.2 Å². The van der Waals surface area contributed by atoms with E-state index in [1.165, 1.54) is 4.90 Å². The first kappa shape index (κ1) is 27.7. The highest BCUT2D eigenvalue weighted by molar-refractivity contribution is 5.89. The zero-order valence-electron chi connectivity index (χ0n) is 21.4. The van der Waals surface area contributed by atoms with Crippen LogP contribution in [0.5, 0.6) is 0 Å². The molecule has 2 saturated heterocycles. The molecule has 3 amide bonds. The van der Waals surface area contributed by atoms with Crippen LogP contribution in [0.4, 0.5) is 8.78 Å². The molecule has 3 atom stereocenters. The number of carbonyl (C=O) groups is 3. The second-order valence-corrected chi connectivity index (χ2v) is 10.1. The number of likely N-dealkylation sites (tertiary alicyclic amines) is 2. The number of amides is 3. The normalized spacial score (nSPS) is 20.4. The molecule has 7 nitrogen and oxygen atoms in total. The van der Waals surface area contributed by atoms with Gasteiger partial charge in [0, 0.05) is 26.1 Å². The van der Waals surface area contributed by atoms with Crippen LogP contribution in [-0.4, -0.2) is 69.8 Å². The van der Waals surface area contributed by atoms with E-state index in [2.05, 4.69) is 5.32 Å². The Morgan fingerprint density at radius 2 is 1.53 bits per heavy atom. The molecule has 2 aromatic rings. The Balaban J connectivity index is 1.35. The van der Waals surface area contributed by atoms with Crippen molar-refractivity contribution >= 4 is 17.7 Å². The van der Waals surface area contributed by atoms with Gasteiger partial charge in [-0.2, -0.15) is 8.78 Å². The van der Waals surface area contributed by atoms with Crippen molar-refractivity contribution in [2.45, 2.75) is 75.6 Å². The monoisotopic (exact) mass is 527 g/mol. The molecule has 2 aliphatic rings. The third-order valence-electron chi connectivity index (χ3n) is 7.47. The highest BCUT2D eigenvalue weighted by Gasteiger charge is 2.53. The van der Waals surface area contributed by atoms with Gasteiger partial charge in [-0.05, 0) is 49.7 Å². The van der Waals surface area contributed by atoms with E-state index in [0.717, 1.165) is 12.0 Å². The number of benzene rings is 2. The Kier molecular flexibility index (Phi) is 9.09. The van der Waals surface area contributed by atoms with Crippen molar-refractivity contribution in [2.75, 3.05) is 13.1 Å². The van der Waals surface area contributed by atoms with Gasteiger partial charge in [0.2, 0.25) is 11.8 Å². The van der Waals surface area contributed by atoms with Crippen molar-refractivity contribution in [3.05, 3.63) is 71.8 Å². The predicted octanol–water partition coefficient (Wildman–Crippen LogP) is 3.30. The van der Waals surface area contributed by atoms with E-state index in [0.29, 0.717) is 44.2 Å². The number of aryl methyl sites for hydroxylation is 1. The summed E-state index contributed by atoms with van der Waals surface area (Å²) in [6.45, 7) is 0.549. The largest absolute Gasteiger partial charge is 0.384 e. The zero-order valence-corrected chi connectivity index (χ0v) is 21.4. The Hall–Kier alpha value is -3.33. The number of aliphatic hydroxyl groups excluding tert-OH is 1. The SMILES string of the molecule is O=C([C@H]1CCCN1C(=O)CCCc1ccccc1)N1CCCC1C(O)C(F)(F)C(=O)NCc1ccccc1. The van der Waals surface area contributed by atoms with Gasteiger partial charge in [0.15, 0.2) is 0 Å². The molecule has 38 heavy (non-hydrogen) atoms. The van der Waals surface area contributed by atoms with Gasteiger partial charge in [0.05, 0.1) is 6.04 Å². The van der Waals surface area contributed by atoms with E-state index >= 15 is 0 Å². The molecule has 0 aliphatic carbocycles. The molecular weight excluding hydrogens is 492 g/mol. The number of hydrogen-bond acceptors (Lipinski definition) is 4. The van der Waals surface area contributed by atoms with Crippen molar-refractivity contribution in [3.8, 4) is 0 Å². The molecule has 4 rings (SSSR count). The summed E-state index contributed by atoms with van der Waals surface area (Å²) in [6.07, 6.45) is 1.05. The van der Waals surface area contributed by atoms with E-state index in [4.69, 9.17) is 0 Å². The molecular formula is C29H35F2N3O4. The Bertz CT molecular complexity index is 1100. The van der Waals surface area contributed by atoms with E-state index in [9.17, 15) is 28.3 Å². The van der Waals surface area contributed by atoms with Crippen molar-refractivity contribution in [1.82, 2.24) is 15.1 Å². The summed E-state index contributed by atoms with van der Waals surface area (Å²) >= 11 is 0. The van der Waals surface area contributed by atoms with Crippen molar-refractivity contribution in [1.29, 1.82) is 0 Å². The zero-order chi connectivity index (χ0) is 27.1. The summed E-state index contributed by atoms with van der Waals surface area (Å²) in [5, 5.41) is 12.8. The van der Waals surface area contributed by atoms with Crippen LogP contribution in [0, 0.1) is 0 Å². The quantitative estimate of drug-likeness (QED) is 0.496. The fraction of sp³-hybridized carbons (Fsp3) is 0.483. The van der Waals surface area contributed by atoms with Crippen LogP contribution >= 0.6 is 0 Å². The summed E-state index contributed by atoms with van der Waals surface area (Å²) in [4.78, 5) is 41.6. The molecule has 204 valence electrons. The van der Waals surface area contributed by atoms with Crippen LogP contribution in [-0.2, 0) is 27.3 Å². The number of alkyl halides is 2. The van der Waals surface area contributed by atoms with Gasteiger partial charge >= 0.3 is 5.92 Å². The molecule has 0 radical (unpaired) electrons. The van der Waals surface area contributed by atoms with Gasteiger partial charge in [0.1, 0.15) is 12.1 Å². The predicted molar refractivity (Wildman–Crippen MR) is 138 cm³/mol. The third-order valence-corrected chi connectivity index (χ3v) is 7.47. The summed E-state index contributed by atoms with van der Waals surface area (Å²) in [5.74, 6) is -6.21. The maximum atomic E-state index is 15.0. The first-order valence-electron chi connectivity index (χ1n) is 13.3. The van der Waals surface area contributed by atoms with Crippen LogP contribution in [0.2, 0.25) is 0 Å². The lowest BCUT2D eigenvalue weighted by Crippen LogP contribution is -2.58. The summed E-state index contributed by atoms with van der Waals surface area (Å²) < 4.78 is 30.0. The average Bonchev–Trinajstić information content (AvgIpc) is 3.62. The molecule has 0 aromatic heterocycles. The number of nitrogens with zero attached hydrogens (tertiary/aromatic N) is 2. The third kappa shape index (κ3) is 6.38. The second-order valence-electron chi connectivity index (χ2n) is 10.1. The fourth-order valence-electron chi connectivity index (χ4n) is 5.41. The van der Waals surface area contributed by atoms with E-state index < -0.39 is 35.9 Å². The molecule has 2 heterocycles. The first-order valence-corrected chi connectivity index (χ1v) is 13.3. The summed E-state index contributed by atoms with van der Waals surface area (Å²) in [7, 11) is 0. The number of hydrogen-bond donors (Lipinski definition) is 2. The van der Waals surface area contributed by atoms with Crippen LogP contribution < -0.4 is 5.32 Å². The molecule has 0 bridgehead atoms. The van der Waals surface area contributed by atoms with E-state index in [-0.39, 0.29) is 25.4 Å². The lowest BCUT2D eigenvalue weighted by molar-refractivity contribution is -0.173. The standard InChI is InChI=1S/C29H35F2N3O4/c30-29(31,28(38)32-20-22-12-5-2-6-13-22)26(36)23-15-8-19-34(23)27(37)24-16-9-18-33(24)25(35)17-7-14-21-10-3-1-4-11-21/h1-6,10-13,23-24,26,36H,7-9,14-20H2,(H,32,38)/t23?,24-,26?/m1/s1. The van der Waals surface area contributed by atoms with Crippen LogP contribution in [0.3, 0.4) is 0 Å². The van der Waals surface area contributed by atoms with Crippen molar-refractivity contribution in [3.63, 3.8) is 0 Å². The van der Waals surface area contributed by atoms with Crippen molar-refractivity contribution in [2.24, 2.45) is 0 Å². The molecule has 2 aromatic carbocycles. The van der Waals surface area contributed by atoms with Gasteiger partial charge in [-0.25, -0.2) is 0 Å². The molecule has 0 spiro atoms. The molecule has 2 unspecified atom stereocenters. The number of rotatable bonds is 10. The first-order chi connectivity index (χ1) is 18.3. The van der Waals surface area contributed by atoms with Gasteiger partial charge in [-0.3, -0.25) is 14.4 Å². The highest BCUT2D eigenvalue weighted by atomic mass is 19.3. The molecule has 2 fully saturated rings. The van der Waals surface area contributed by atoms with Crippen LogP contribution in [0.15, 0.2) is 60.7 Å². The van der Waals surface area contributed by atoms with E-state index in [1.54, 1.807) is 35.2 Å².